The van der Waals surface area contributed by atoms with Crippen LogP contribution in [0.4, 0.5) is 51.7 Å². The first kappa shape index (κ1) is 62.3. The van der Waals surface area contributed by atoms with Gasteiger partial charge in [0, 0.05) is 18.4 Å². The number of sulfone groups is 2. The summed E-state index contributed by atoms with van der Waals surface area (Å²) >= 11 is 6.18. The fourth-order valence-electron chi connectivity index (χ4n) is 6.34. The van der Waals surface area contributed by atoms with Gasteiger partial charge in [0.15, 0.2) is 25.4 Å². The maximum absolute atomic E-state index is 12.9. The summed E-state index contributed by atoms with van der Waals surface area (Å²) in [6, 6.07) is 12.8. The van der Waals surface area contributed by atoms with Crippen molar-refractivity contribution in [3.8, 4) is 5.75 Å². The molecular formula is C38H39ClN10O22S7. The van der Waals surface area contributed by atoms with E-state index in [0.717, 1.165) is 48.5 Å². The summed E-state index contributed by atoms with van der Waals surface area (Å²) in [4.78, 5) is 9.19. The van der Waals surface area contributed by atoms with Gasteiger partial charge in [-0.05, 0) is 89.8 Å². The number of aromatic nitrogens is 3. The van der Waals surface area contributed by atoms with E-state index >= 15 is 0 Å². The number of hydrogen-bond acceptors (Lipinski definition) is 27. The van der Waals surface area contributed by atoms with Crippen molar-refractivity contribution in [3.63, 3.8) is 0 Å². The Morgan fingerprint density at radius 2 is 1.14 bits per heavy atom. The average molecular weight is 1250 g/mol. The molecule has 0 aliphatic carbocycles. The van der Waals surface area contributed by atoms with Crippen molar-refractivity contribution in [2.24, 2.45) is 20.5 Å². The minimum absolute atomic E-state index is 0.125. The predicted molar refractivity (Wildman–Crippen MR) is 274 cm³/mol. The van der Waals surface area contributed by atoms with Crippen LogP contribution in [0, 0.1) is 0 Å². The van der Waals surface area contributed by atoms with Gasteiger partial charge in [0.1, 0.15) is 31.7 Å². The molecule has 0 amide bonds. The number of nitrogens with zero attached hydrogens (tertiary/aromatic N) is 8. The minimum atomic E-state index is -5.51. The molecule has 0 radical (unpaired) electrons. The molecule has 78 heavy (non-hydrogen) atoms. The van der Waals surface area contributed by atoms with Gasteiger partial charge in [-0.1, -0.05) is 19.9 Å². The van der Waals surface area contributed by atoms with E-state index in [0.29, 0.717) is 12.1 Å². The highest BCUT2D eigenvalue weighted by Crippen LogP contribution is 2.48. The minimum Gasteiger partial charge on any atom is -0.505 e. The summed E-state index contributed by atoms with van der Waals surface area (Å²) < 4.78 is 226. The number of nitrogens with one attached hydrogen (secondary N) is 1. The van der Waals surface area contributed by atoms with Crippen LogP contribution in [0.2, 0.25) is 5.28 Å². The van der Waals surface area contributed by atoms with Crippen molar-refractivity contribution in [3.05, 3.63) is 84.1 Å². The number of nitrogen functional groups attached to an aromatic ring is 1. The Balaban J connectivity index is 0.00000554. The zero-order chi connectivity index (χ0) is 58.6. The number of halogens is 1. The Bertz CT molecular complexity index is 4220. The van der Waals surface area contributed by atoms with E-state index in [1.54, 1.807) is 0 Å². The molecule has 5 aromatic carbocycles. The molecule has 9 N–H and O–H groups in total. The summed E-state index contributed by atoms with van der Waals surface area (Å²) in [5.41, 5.74) is 2.19. The first-order valence-electron chi connectivity index (χ1n) is 20.8. The lowest BCUT2D eigenvalue weighted by Gasteiger charge is -2.19. The summed E-state index contributed by atoms with van der Waals surface area (Å²) in [6.45, 7) is 2.14. The molecule has 32 nitrogen and oxygen atoms in total. The van der Waals surface area contributed by atoms with Gasteiger partial charge in [-0.3, -0.25) is 22.8 Å². The predicted octanol–water partition coefficient (Wildman–Crippen LogP) is 5.26. The van der Waals surface area contributed by atoms with Gasteiger partial charge >= 0.3 is 20.8 Å². The maximum atomic E-state index is 12.9. The van der Waals surface area contributed by atoms with Crippen LogP contribution in [0.25, 0.3) is 10.8 Å². The Labute approximate surface area is 448 Å². The van der Waals surface area contributed by atoms with E-state index < -0.39 is 160 Å². The first-order chi connectivity index (χ1) is 35.9. The van der Waals surface area contributed by atoms with E-state index in [4.69, 9.17) is 26.4 Å². The van der Waals surface area contributed by atoms with Crippen LogP contribution in [0.5, 0.6) is 5.75 Å². The fraction of sp³-hybridized carbons (Fsp3) is 0.184. The number of anilines is 5. The largest absolute Gasteiger partial charge is 0.505 e. The van der Waals surface area contributed by atoms with Gasteiger partial charge in [0.25, 0.3) is 30.4 Å². The molecule has 0 unspecified atom stereocenters. The van der Waals surface area contributed by atoms with E-state index in [9.17, 15) is 77.7 Å². The zero-order valence-corrected chi connectivity index (χ0v) is 45.9. The number of phenolic OH excluding ortho intramolecular Hbond substituents is 1. The maximum Gasteiger partial charge on any atom is 0.397 e. The average Bonchev–Trinajstić information content (AvgIpc) is 3.41. The smallest absolute Gasteiger partial charge is 0.397 e. The van der Waals surface area contributed by atoms with Crippen LogP contribution in [0.3, 0.4) is 0 Å². The van der Waals surface area contributed by atoms with Gasteiger partial charge in [-0.15, -0.1) is 15.3 Å². The number of hydrogen-bond donors (Lipinski definition) is 8. The Morgan fingerprint density at radius 3 is 1.68 bits per heavy atom. The highest BCUT2D eigenvalue weighted by atomic mass is 35.5. The highest BCUT2D eigenvalue weighted by molar-refractivity contribution is 7.92. The summed E-state index contributed by atoms with van der Waals surface area (Å²) in [5, 5.41) is 27.3. The van der Waals surface area contributed by atoms with Crippen LogP contribution in [0.1, 0.15) is 13.8 Å². The molecule has 0 fully saturated rings. The number of nitrogens with two attached hydrogens (primary N) is 1. The second-order valence-electron chi connectivity index (χ2n) is 14.9. The molecular weight excluding hydrogens is 1210 g/mol. The lowest BCUT2D eigenvalue weighted by molar-refractivity contribution is 0.282. The number of phenols is 1. The second kappa shape index (κ2) is 23.8. The lowest BCUT2D eigenvalue weighted by Crippen LogP contribution is -2.17. The van der Waals surface area contributed by atoms with Crippen LogP contribution in [-0.2, 0) is 79.2 Å². The van der Waals surface area contributed by atoms with E-state index in [2.05, 4.69) is 49.1 Å². The number of benzene rings is 5. The second-order valence-corrected chi connectivity index (χ2v) is 25.8. The SMILES string of the molecule is CC.CN(c1cccc(S(=O)(=O)CCOS(=O)(=O)O)c1)c1nc(Cl)nc(Nc2ccc(S(=O)(=O)O)c(N=Nc3c(S(=O)(=O)O)cc4cc(S(=O)(=O)O)c(N=Nc5ccc(S(=O)(=O)CCOS(=O)(=O)O)cc5)c(N)c4c3O)c2)n1. The molecule has 1 aromatic heterocycles. The molecule has 0 aliphatic rings. The molecule has 1 heterocycles. The van der Waals surface area contributed by atoms with E-state index in [-0.39, 0.29) is 33.9 Å². The summed E-state index contributed by atoms with van der Waals surface area (Å²) in [5.74, 6) is -3.68. The number of aromatic hydroxyl groups is 1. The zero-order valence-electron chi connectivity index (χ0n) is 39.4. The summed E-state index contributed by atoms with van der Waals surface area (Å²) in [7, 11) is -33.0. The monoisotopic (exact) mass is 1250 g/mol. The Kier molecular flexibility index (Phi) is 19.0. The molecule has 422 valence electrons. The molecule has 0 saturated heterocycles. The third-order valence-electron chi connectivity index (χ3n) is 9.71. The molecule has 6 rings (SSSR count). The highest BCUT2D eigenvalue weighted by Gasteiger charge is 2.29. The van der Waals surface area contributed by atoms with E-state index in [1.807, 2.05) is 13.8 Å². The lowest BCUT2D eigenvalue weighted by atomic mass is 10.1. The van der Waals surface area contributed by atoms with Gasteiger partial charge in [-0.2, -0.15) is 62.2 Å². The van der Waals surface area contributed by atoms with Gasteiger partial charge in [0.2, 0.25) is 17.2 Å². The molecule has 0 spiro atoms. The molecule has 6 aromatic rings. The molecule has 0 saturated carbocycles. The third-order valence-corrected chi connectivity index (χ3v) is 16.8. The molecule has 0 aliphatic heterocycles. The molecule has 40 heteroatoms. The van der Waals surface area contributed by atoms with Crippen LogP contribution < -0.4 is 16.0 Å². The molecule has 0 bridgehead atoms. The summed E-state index contributed by atoms with van der Waals surface area (Å²) in [6.07, 6.45) is 0. The van der Waals surface area contributed by atoms with Gasteiger partial charge < -0.3 is 21.1 Å². The third kappa shape index (κ3) is 16.0. The fourth-order valence-corrected chi connectivity index (χ4v) is 11.4. The quantitative estimate of drug-likeness (QED) is 0.0259. The molecule has 0 atom stereocenters. The standard InChI is InChI=1S/C36H33ClN10O22S7.C2H6/c1-47(22-3-2-4-24(18-22)71(51,52)14-12-69-76(65,66)67)36-41-34(37)40-35(42-36)39-21-7-10-26(72(53,54)55)25(17-21)44-46-32-28(74(59,60)61)16-19-15-27(73(56,57)58)31(30(38)29(19)33(32)48)45-43-20-5-8-23(9-6-20)70(49,50)13-11-68-75(62,63)64;1-2/h2-10,15-18,48H,11-14,38H2,1H3,(H,53,54,55)(H,56,57,58)(H,59,60,61)(H,62,63,64)(H,65,66,67)(H,39,40,41,42);1-2H3. The Hall–Kier alpha value is -6.57. The van der Waals surface area contributed by atoms with E-state index in [1.165, 1.54) is 30.1 Å². The Morgan fingerprint density at radius 1 is 0.615 bits per heavy atom. The van der Waals surface area contributed by atoms with Crippen LogP contribution in [0.15, 0.2) is 124 Å². The van der Waals surface area contributed by atoms with Crippen LogP contribution >= 0.6 is 11.6 Å². The van der Waals surface area contributed by atoms with Crippen LogP contribution in [-0.4, -0.2) is 134 Å². The first-order valence-corrected chi connectivity index (χ1v) is 31.5. The van der Waals surface area contributed by atoms with Crippen molar-refractivity contribution in [2.45, 2.75) is 38.3 Å². The number of fused-ring (bicyclic) bond motifs is 1. The number of rotatable bonds is 21. The van der Waals surface area contributed by atoms with Crippen molar-refractivity contribution < 1.29 is 95.2 Å². The number of azo groups is 2. The van der Waals surface area contributed by atoms with Gasteiger partial charge in [0.05, 0.1) is 51.3 Å². The van der Waals surface area contributed by atoms with Crippen molar-refractivity contribution >= 4 is 145 Å². The van der Waals surface area contributed by atoms with Crippen molar-refractivity contribution in [1.29, 1.82) is 0 Å². The van der Waals surface area contributed by atoms with Gasteiger partial charge in [-0.25, -0.2) is 25.2 Å². The van der Waals surface area contributed by atoms with Crippen molar-refractivity contribution in [1.82, 2.24) is 15.0 Å². The normalized spacial score (nSPS) is 12.9. The topological polar surface area (TPSA) is 508 Å². The van der Waals surface area contributed by atoms with Crippen molar-refractivity contribution in [2.75, 3.05) is 47.7 Å².